The van der Waals surface area contributed by atoms with E-state index >= 15 is 0 Å². The lowest BCUT2D eigenvalue weighted by atomic mass is 10.0. The van der Waals surface area contributed by atoms with Gasteiger partial charge in [0, 0.05) is 45.4 Å². The molecule has 2 nitrogen and oxygen atoms in total. The monoisotopic (exact) mass is 496 g/mol. The molecule has 38 heavy (non-hydrogen) atoms. The molecule has 1 aromatic heterocycles. The molecule has 0 atom stereocenters. The third kappa shape index (κ3) is 5.35. The SMILES string of the molecule is CC(C)c1ccc(N(c2ccccc2)c2ccccc2)cc1.CCCn1c2ccccc2c2ccccc21. The third-order valence-electron chi connectivity index (χ3n) is 6.97. The Bertz CT molecular complexity index is 1490. The summed E-state index contributed by atoms with van der Waals surface area (Å²) in [5.41, 5.74) is 7.60. The van der Waals surface area contributed by atoms with Crippen LogP contribution in [0.4, 0.5) is 17.1 Å². The Labute approximate surface area is 226 Å². The second-order valence-corrected chi connectivity index (χ2v) is 9.94. The maximum absolute atomic E-state index is 2.42. The number of anilines is 3. The molecule has 0 aliphatic rings. The molecule has 0 aliphatic heterocycles. The average Bonchev–Trinajstić information content (AvgIpc) is 3.29. The Kier molecular flexibility index (Phi) is 7.89. The minimum Gasteiger partial charge on any atom is -0.340 e. The molecule has 5 aromatic carbocycles. The first-order valence-corrected chi connectivity index (χ1v) is 13.6. The molecule has 1 heterocycles. The van der Waals surface area contributed by atoms with Crippen LogP contribution in [-0.4, -0.2) is 4.57 Å². The zero-order chi connectivity index (χ0) is 26.3. The van der Waals surface area contributed by atoms with Gasteiger partial charge < -0.3 is 9.47 Å². The van der Waals surface area contributed by atoms with E-state index in [2.05, 4.69) is 164 Å². The minimum atomic E-state index is 0.552. The third-order valence-corrected chi connectivity index (χ3v) is 6.97. The van der Waals surface area contributed by atoms with Crippen molar-refractivity contribution in [2.24, 2.45) is 0 Å². The number of rotatable bonds is 6. The van der Waals surface area contributed by atoms with Gasteiger partial charge in [0.05, 0.1) is 0 Å². The molecule has 6 aromatic rings. The van der Waals surface area contributed by atoms with Gasteiger partial charge in [-0.15, -0.1) is 0 Å². The zero-order valence-corrected chi connectivity index (χ0v) is 22.6. The molecular formula is C36H36N2. The number of aromatic nitrogens is 1. The fourth-order valence-corrected chi connectivity index (χ4v) is 5.08. The van der Waals surface area contributed by atoms with Gasteiger partial charge >= 0.3 is 0 Å². The van der Waals surface area contributed by atoms with Crippen LogP contribution in [0.2, 0.25) is 0 Å². The summed E-state index contributed by atoms with van der Waals surface area (Å²) in [6, 6.07) is 47.1. The van der Waals surface area contributed by atoms with Crippen LogP contribution in [0.3, 0.4) is 0 Å². The van der Waals surface area contributed by atoms with E-state index in [0.29, 0.717) is 5.92 Å². The molecule has 0 saturated carbocycles. The van der Waals surface area contributed by atoms with Gasteiger partial charge in [0.15, 0.2) is 0 Å². The summed E-state index contributed by atoms with van der Waals surface area (Å²) >= 11 is 0. The van der Waals surface area contributed by atoms with Crippen molar-refractivity contribution < 1.29 is 0 Å². The maximum atomic E-state index is 2.42. The molecule has 0 bridgehead atoms. The van der Waals surface area contributed by atoms with E-state index in [1.165, 1.54) is 50.9 Å². The van der Waals surface area contributed by atoms with E-state index in [-0.39, 0.29) is 0 Å². The first-order valence-electron chi connectivity index (χ1n) is 13.6. The predicted octanol–water partition coefficient (Wildman–Crippen LogP) is 10.5. The van der Waals surface area contributed by atoms with Gasteiger partial charge in [-0.25, -0.2) is 0 Å². The summed E-state index contributed by atoms with van der Waals surface area (Å²) in [4.78, 5) is 2.28. The minimum absolute atomic E-state index is 0.552. The molecule has 0 aliphatic carbocycles. The number of benzene rings is 5. The van der Waals surface area contributed by atoms with Gasteiger partial charge in [0.1, 0.15) is 0 Å². The highest BCUT2D eigenvalue weighted by Crippen LogP contribution is 2.34. The second-order valence-electron chi connectivity index (χ2n) is 9.94. The van der Waals surface area contributed by atoms with Crippen LogP contribution in [0.5, 0.6) is 0 Å². The quantitative estimate of drug-likeness (QED) is 0.223. The Morgan fingerprint density at radius 1 is 0.526 bits per heavy atom. The largest absolute Gasteiger partial charge is 0.340 e. The summed E-state index contributed by atoms with van der Waals surface area (Å²) in [6.07, 6.45) is 1.17. The Morgan fingerprint density at radius 2 is 0.947 bits per heavy atom. The van der Waals surface area contributed by atoms with Crippen LogP contribution in [0.1, 0.15) is 38.7 Å². The van der Waals surface area contributed by atoms with E-state index in [1.54, 1.807) is 0 Å². The zero-order valence-electron chi connectivity index (χ0n) is 22.6. The second kappa shape index (κ2) is 11.8. The van der Waals surface area contributed by atoms with E-state index in [4.69, 9.17) is 0 Å². The van der Waals surface area contributed by atoms with Crippen molar-refractivity contribution in [3.05, 3.63) is 139 Å². The summed E-state index contributed by atoms with van der Waals surface area (Å²) in [5, 5.41) is 2.73. The first-order chi connectivity index (χ1) is 18.7. The number of aryl methyl sites for hydroxylation is 1. The predicted molar refractivity (Wildman–Crippen MR) is 165 cm³/mol. The summed E-state index contributed by atoms with van der Waals surface area (Å²) < 4.78 is 2.42. The lowest BCUT2D eigenvalue weighted by Crippen LogP contribution is -2.09. The average molecular weight is 497 g/mol. The summed E-state index contributed by atoms with van der Waals surface area (Å²) in [6.45, 7) is 7.76. The van der Waals surface area contributed by atoms with E-state index in [1.807, 2.05) is 0 Å². The summed E-state index contributed by atoms with van der Waals surface area (Å²) in [5.74, 6) is 0.552. The molecule has 0 amide bonds. The van der Waals surface area contributed by atoms with Gasteiger partial charge in [0.2, 0.25) is 0 Å². The molecule has 0 saturated heterocycles. The Morgan fingerprint density at radius 3 is 1.39 bits per heavy atom. The molecule has 0 radical (unpaired) electrons. The van der Waals surface area contributed by atoms with Gasteiger partial charge in [0.25, 0.3) is 0 Å². The molecule has 0 unspecified atom stereocenters. The van der Waals surface area contributed by atoms with E-state index in [0.717, 1.165) is 6.54 Å². The summed E-state index contributed by atoms with van der Waals surface area (Å²) in [7, 11) is 0. The normalized spacial score (nSPS) is 10.9. The molecule has 0 N–H and O–H groups in total. The lowest BCUT2D eigenvalue weighted by molar-refractivity contribution is 0.724. The number of hydrogen-bond donors (Lipinski definition) is 0. The van der Waals surface area contributed by atoms with Crippen molar-refractivity contribution in [3.8, 4) is 0 Å². The van der Waals surface area contributed by atoms with Crippen molar-refractivity contribution in [3.63, 3.8) is 0 Å². The molecule has 6 rings (SSSR count). The topological polar surface area (TPSA) is 8.17 Å². The molecular weight excluding hydrogens is 460 g/mol. The van der Waals surface area contributed by atoms with Crippen molar-refractivity contribution in [1.29, 1.82) is 0 Å². The highest BCUT2D eigenvalue weighted by atomic mass is 15.1. The number of fused-ring (bicyclic) bond motifs is 3. The highest BCUT2D eigenvalue weighted by molar-refractivity contribution is 6.07. The van der Waals surface area contributed by atoms with Crippen LogP contribution >= 0.6 is 0 Å². The van der Waals surface area contributed by atoms with Gasteiger partial charge in [-0.1, -0.05) is 106 Å². The maximum Gasteiger partial charge on any atom is 0.0491 e. The van der Waals surface area contributed by atoms with Crippen molar-refractivity contribution in [1.82, 2.24) is 4.57 Å². The van der Waals surface area contributed by atoms with E-state index < -0.39 is 0 Å². The number of nitrogens with zero attached hydrogens (tertiary/aromatic N) is 2. The van der Waals surface area contributed by atoms with Crippen LogP contribution in [0.15, 0.2) is 133 Å². The molecule has 0 spiro atoms. The van der Waals surface area contributed by atoms with Crippen LogP contribution in [0, 0.1) is 0 Å². The van der Waals surface area contributed by atoms with Crippen molar-refractivity contribution >= 4 is 38.9 Å². The first kappa shape index (κ1) is 25.4. The molecule has 0 fully saturated rings. The standard InChI is InChI=1S/C21H21N.C15H15N/c1-17(2)18-13-15-21(16-14-18)22(19-9-5-3-6-10-19)20-11-7-4-8-12-20;1-2-11-16-14-9-5-3-7-12(14)13-8-4-6-10-15(13)16/h3-17H,1-2H3;3-10H,2,11H2,1H3. The lowest BCUT2D eigenvalue weighted by Gasteiger charge is -2.25. The van der Waals surface area contributed by atoms with Crippen molar-refractivity contribution in [2.45, 2.75) is 39.7 Å². The fourth-order valence-electron chi connectivity index (χ4n) is 5.08. The smallest absolute Gasteiger partial charge is 0.0491 e. The van der Waals surface area contributed by atoms with Crippen LogP contribution in [0.25, 0.3) is 21.8 Å². The Balaban J connectivity index is 0.000000162. The van der Waals surface area contributed by atoms with Gasteiger partial charge in [-0.05, 0) is 66.4 Å². The van der Waals surface area contributed by atoms with Crippen LogP contribution in [-0.2, 0) is 6.54 Å². The molecule has 190 valence electrons. The van der Waals surface area contributed by atoms with Crippen molar-refractivity contribution in [2.75, 3.05) is 4.90 Å². The van der Waals surface area contributed by atoms with Crippen LogP contribution < -0.4 is 4.90 Å². The van der Waals surface area contributed by atoms with Gasteiger partial charge in [-0.3, -0.25) is 0 Å². The number of hydrogen-bond acceptors (Lipinski definition) is 1. The fraction of sp³-hybridized carbons (Fsp3) is 0.167. The Hall–Kier alpha value is -4.30. The highest BCUT2D eigenvalue weighted by Gasteiger charge is 2.12. The number of para-hydroxylation sites is 4. The molecule has 2 heteroatoms. The van der Waals surface area contributed by atoms with Gasteiger partial charge in [-0.2, -0.15) is 0 Å². The van der Waals surface area contributed by atoms with E-state index in [9.17, 15) is 0 Å².